The molecule has 6 nitrogen and oxygen atoms in total. The van der Waals surface area contributed by atoms with Crippen LogP contribution in [-0.2, 0) is 16.0 Å². The van der Waals surface area contributed by atoms with Crippen molar-refractivity contribution in [2.24, 2.45) is 4.99 Å². The Morgan fingerprint density at radius 3 is 2.47 bits per heavy atom. The first-order valence-corrected chi connectivity index (χ1v) is 10.9. The summed E-state index contributed by atoms with van der Waals surface area (Å²) in [5, 5.41) is 3.32. The number of halogens is 4. The minimum Gasteiger partial charge on any atom is -0.484 e. The van der Waals surface area contributed by atoms with Crippen LogP contribution in [0.5, 0.6) is 5.75 Å². The van der Waals surface area contributed by atoms with Gasteiger partial charge in [0.2, 0.25) is 0 Å². The van der Waals surface area contributed by atoms with Crippen molar-refractivity contribution in [1.82, 2.24) is 10.2 Å². The van der Waals surface area contributed by atoms with Crippen molar-refractivity contribution in [1.29, 1.82) is 0 Å². The van der Waals surface area contributed by atoms with Crippen LogP contribution >= 0.6 is 24.0 Å². The van der Waals surface area contributed by atoms with Gasteiger partial charge in [0.1, 0.15) is 5.75 Å². The van der Waals surface area contributed by atoms with Crippen LogP contribution in [0.1, 0.15) is 37.7 Å². The topological polar surface area (TPSA) is 55.3 Å². The summed E-state index contributed by atoms with van der Waals surface area (Å²) in [6.07, 6.45) is 1.50. The zero-order valence-corrected chi connectivity index (χ0v) is 20.7. The Hall–Kier alpha value is -1.27. The van der Waals surface area contributed by atoms with Crippen LogP contribution in [0.4, 0.5) is 13.2 Å². The van der Waals surface area contributed by atoms with Crippen molar-refractivity contribution in [3.63, 3.8) is 0 Å². The highest BCUT2D eigenvalue weighted by Crippen LogP contribution is 2.20. The van der Waals surface area contributed by atoms with Crippen molar-refractivity contribution in [2.45, 2.75) is 57.0 Å². The van der Waals surface area contributed by atoms with E-state index in [9.17, 15) is 13.2 Å². The molecular formula is C22H33F3IN3O3. The van der Waals surface area contributed by atoms with Gasteiger partial charge in [0.15, 0.2) is 12.6 Å². The summed E-state index contributed by atoms with van der Waals surface area (Å²) in [5.74, 6) is 1.01. The van der Waals surface area contributed by atoms with Gasteiger partial charge in [0.05, 0.1) is 18.8 Å². The van der Waals surface area contributed by atoms with Crippen molar-refractivity contribution < 1.29 is 27.4 Å². The predicted octanol–water partition coefficient (Wildman–Crippen LogP) is 4.37. The van der Waals surface area contributed by atoms with Gasteiger partial charge in [-0.05, 0) is 49.8 Å². The largest absolute Gasteiger partial charge is 0.484 e. The predicted molar refractivity (Wildman–Crippen MR) is 128 cm³/mol. The molecular weight excluding hydrogens is 538 g/mol. The summed E-state index contributed by atoms with van der Waals surface area (Å²) >= 11 is 0. The average Bonchev–Trinajstić information content (AvgIpc) is 2.78. The van der Waals surface area contributed by atoms with Crippen LogP contribution in [0.15, 0.2) is 29.3 Å². The second-order valence-corrected chi connectivity index (χ2v) is 7.96. The fraction of sp³-hybridized carbons (Fsp3) is 0.682. The molecule has 10 heteroatoms. The van der Waals surface area contributed by atoms with Gasteiger partial charge in [-0.3, -0.25) is 4.99 Å². The molecule has 2 aliphatic rings. The van der Waals surface area contributed by atoms with E-state index in [2.05, 4.69) is 15.2 Å². The minimum atomic E-state index is -4.34. The fourth-order valence-electron chi connectivity index (χ4n) is 3.80. The summed E-state index contributed by atoms with van der Waals surface area (Å²) in [6, 6.07) is 6.59. The number of benzene rings is 1. The van der Waals surface area contributed by atoms with Crippen molar-refractivity contribution in [3.05, 3.63) is 29.8 Å². The molecule has 0 aliphatic carbocycles. The number of nitrogens with one attached hydrogen (secondary N) is 1. The van der Waals surface area contributed by atoms with Crippen molar-refractivity contribution >= 4 is 29.9 Å². The Bertz CT molecular complexity index is 690. The van der Waals surface area contributed by atoms with Crippen molar-refractivity contribution in [3.8, 4) is 5.75 Å². The van der Waals surface area contributed by atoms with E-state index >= 15 is 0 Å². The third-order valence-corrected chi connectivity index (χ3v) is 5.52. The molecule has 1 aromatic rings. The molecule has 0 aromatic heterocycles. The molecule has 0 spiro atoms. The first-order chi connectivity index (χ1) is 14.9. The number of hydrogen-bond donors (Lipinski definition) is 1. The zero-order chi connectivity index (χ0) is 22.1. The smallest absolute Gasteiger partial charge is 0.422 e. The Morgan fingerprint density at radius 2 is 1.88 bits per heavy atom. The summed E-state index contributed by atoms with van der Waals surface area (Å²) in [6.45, 7) is 2.49. The maximum atomic E-state index is 12.2. The first-order valence-electron chi connectivity index (χ1n) is 10.9. The van der Waals surface area contributed by atoms with Crippen LogP contribution in [0, 0.1) is 0 Å². The van der Waals surface area contributed by atoms with E-state index in [1.165, 1.54) is 6.42 Å². The molecule has 0 saturated carbocycles. The molecule has 2 aliphatic heterocycles. The number of alkyl halides is 3. The number of nitrogens with zero attached hydrogens (tertiary/aromatic N) is 2. The Balaban J connectivity index is 0.00000363. The third kappa shape index (κ3) is 9.30. The standard InChI is InChI=1S/C22H32F3N3O3.HI/c1-26-21(27-14-17-5-7-18(8-6-17)31-16-22(23,24)25)28-11-9-19(10-12-28)30-15-20-4-2-3-13-29-20;/h5-8,19-20H,2-4,9-16H2,1H3,(H,26,27);1H. The van der Waals surface area contributed by atoms with E-state index in [0.29, 0.717) is 13.2 Å². The molecule has 2 fully saturated rings. The number of guanidine groups is 1. The Kier molecular flexibility index (Phi) is 11.3. The van der Waals surface area contributed by atoms with Gasteiger partial charge in [-0.15, -0.1) is 24.0 Å². The summed E-state index contributed by atoms with van der Waals surface area (Å²) in [4.78, 5) is 6.57. The molecule has 2 saturated heterocycles. The van der Waals surface area contributed by atoms with E-state index in [-0.39, 0.29) is 41.9 Å². The van der Waals surface area contributed by atoms with E-state index in [4.69, 9.17) is 14.2 Å². The molecule has 0 bridgehead atoms. The second-order valence-electron chi connectivity index (χ2n) is 7.96. The molecule has 1 aromatic carbocycles. The maximum Gasteiger partial charge on any atom is 0.422 e. The molecule has 182 valence electrons. The number of aliphatic imine (C=N–C) groups is 1. The highest BCUT2D eigenvalue weighted by molar-refractivity contribution is 14.0. The SMILES string of the molecule is CN=C(NCc1ccc(OCC(F)(F)F)cc1)N1CCC(OCC2CCCCO2)CC1.I. The molecule has 32 heavy (non-hydrogen) atoms. The Morgan fingerprint density at radius 1 is 1.16 bits per heavy atom. The molecule has 1 atom stereocenters. The lowest BCUT2D eigenvalue weighted by Gasteiger charge is -2.35. The molecule has 0 amide bonds. The lowest BCUT2D eigenvalue weighted by Crippen LogP contribution is -2.47. The molecule has 1 unspecified atom stereocenters. The van der Waals surface area contributed by atoms with Crippen LogP contribution in [0.3, 0.4) is 0 Å². The fourth-order valence-corrected chi connectivity index (χ4v) is 3.80. The zero-order valence-electron chi connectivity index (χ0n) is 18.4. The van der Waals surface area contributed by atoms with Gasteiger partial charge in [0.25, 0.3) is 0 Å². The minimum absolute atomic E-state index is 0. The second kappa shape index (κ2) is 13.4. The first kappa shape index (κ1) is 27.0. The number of piperidine rings is 1. The monoisotopic (exact) mass is 571 g/mol. The molecule has 1 N–H and O–H groups in total. The number of rotatable bonds is 7. The molecule has 2 heterocycles. The third-order valence-electron chi connectivity index (χ3n) is 5.52. The van der Waals surface area contributed by atoms with Crippen LogP contribution < -0.4 is 10.1 Å². The quantitative estimate of drug-likeness (QED) is 0.300. The van der Waals surface area contributed by atoms with E-state index in [1.54, 1.807) is 31.3 Å². The maximum absolute atomic E-state index is 12.2. The summed E-state index contributed by atoms with van der Waals surface area (Å²) in [7, 11) is 1.75. The lowest BCUT2D eigenvalue weighted by molar-refractivity contribution is -0.153. The highest BCUT2D eigenvalue weighted by atomic mass is 127. The number of likely N-dealkylation sites (tertiary alicyclic amines) is 1. The highest BCUT2D eigenvalue weighted by Gasteiger charge is 2.28. The van der Waals surface area contributed by atoms with Gasteiger partial charge in [0, 0.05) is 33.3 Å². The van der Waals surface area contributed by atoms with E-state index in [1.807, 2.05) is 0 Å². The lowest BCUT2D eigenvalue weighted by atomic mass is 10.1. The van der Waals surface area contributed by atoms with E-state index in [0.717, 1.165) is 56.9 Å². The number of ether oxygens (including phenoxy) is 3. The molecule has 0 radical (unpaired) electrons. The van der Waals surface area contributed by atoms with Crippen LogP contribution in [0.25, 0.3) is 0 Å². The summed E-state index contributed by atoms with van der Waals surface area (Å²) in [5.41, 5.74) is 0.936. The van der Waals surface area contributed by atoms with E-state index < -0.39 is 12.8 Å². The van der Waals surface area contributed by atoms with Gasteiger partial charge < -0.3 is 24.4 Å². The summed E-state index contributed by atoms with van der Waals surface area (Å²) < 4.78 is 53.2. The van der Waals surface area contributed by atoms with Gasteiger partial charge in [-0.25, -0.2) is 0 Å². The van der Waals surface area contributed by atoms with Gasteiger partial charge >= 0.3 is 6.18 Å². The molecule has 3 rings (SSSR count). The van der Waals surface area contributed by atoms with Crippen LogP contribution in [0.2, 0.25) is 0 Å². The van der Waals surface area contributed by atoms with Gasteiger partial charge in [-0.2, -0.15) is 13.2 Å². The van der Waals surface area contributed by atoms with Crippen LogP contribution in [-0.4, -0.2) is 69.2 Å². The van der Waals surface area contributed by atoms with Gasteiger partial charge in [-0.1, -0.05) is 12.1 Å². The average molecular weight is 571 g/mol. The normalized spacial score (nSPS) is 20.6. The van der Waals surface area contributed by atoms with Crippen molar-refractivity contribution in [2.75, 3.05) is 40.0 Å². The number of hydrogen-bond acceptors (Lipinski definition) is 4. The Labute approximate surface area is 204 Å².